The van der Waals surface area contributed by atoms with Crippen molar-refractivity contribution in [2.24, 2.45) is 0 Å². The first-order valence-corrected chi connectivity index (χ1v) is 20.1. The zero-order chi connectivity index (χ0) is 38.9. The smallest absolute Gasteiger partial charge is 0.159 e. The maximum atomic E-state index is 6.80. The summed E-state index contributed by atoms with van der Waals surface area (Å²) in [5, 5.41) is 9.27. The Hall–Kier alpha value is -7.88. The summed E-state index contributed by atoms with van der Waals surface area (Å²) in [6.45, 7) is 0. The van der Waals surface area contributed by atoms with Crippen LogP contribution >= 0.6 is 0 Å². The summed E-state index contributed by atoms with van der Waals surface area (Å²) in [5.74, 6) is 0. The maximum Gasteiger partial charge on any atom is 0.159 e. The molecular formula is C56H35NO2. The molecule has 0 bridgehead atoms. The molecule has 12 aromatic rings. The Morgan fingerprint density at radius 2 is 0.814 bits per heavy atom. The van der Waals surface area contributed by atoms with Crippen molar-refractivity contribution in [2.45, 2.75) is 0 Å². The van der Waals surface area contributed by atoms with Crippen LogP contribution in [0.3, 0.4) is 0 Å². The number of anilines is 3. The van der Waals surface area contributed by atoms with Gasteiger partial charge in [-0.15, -0.1) is 0 Å². The first-order chi connectivity index (χ1) is 29.2. The number of nitrogens with zero attached hydrogens (tertiary/aromatic N) is 1. The summed E-state index contributed by atoms with van der Waals surface area (Å²) in [6.07, 6.45) is 0. The van der Waals surface area contributed by atoms with Crippen molar-refractivity contribution < 1.29 is 8.83 Å². The summed E-state index contributed by atoms with van der Waals surface area (Å²) in [5.41, 5.74) is 13.4. The van der Waals surface area contributed by atoms with Gasteiger partial charge in [0.1, 0.15) is 16.7 Å². The van der Waals surface area contributed by atoms with Crippen molar-refractivity contribution in [3.05, 3.63) is 212 Å². The molecule has 12 rings (SSSR count). The van der Waals surface area contributed by atoms with Crippen LogP contribution in [0, 0.1) is 0 Å². The van der Waals surface area contributed by atoms with Gasteiger partial charge in [-0.3, -0.25) is 0 Å². The highest BCUT2D eigenvalue weighted by Crippen LogP contribution is 2.45. The third-order valence-electron chi connectivity index (χ3n) is 11.9. The summed E-state index contributed by atoms with van der Waals surface area (Å²) >= 11 is 0. The molecule has 2 aromatic heterocycles. The second-order valence-corrected chi connectivity index (χ2v) is 15.3. The maximum absolute atomic E-state index is 6.80. The molecule has 0 saturated heterocycles. The van der Waals surface area contributed by atoms with Crippen LogP contribution in [0.15, 0.2) is 221 Å². The lowest BCUT2D eigenvalue weighted by atomic mass is 9.99. The number of hydrogen-bond donors (Lipinski definition) is 0. The van der Waals surface area contributed by atoms with Gasteiger partial charge in [0.25, 0.3) is 0 Å². The standard InChI is InChI=1S/C56H35NO2/c1-3-11-36(12-4-1)41-26-32-54-51(33-41)48-19-10-20-52(56(48)59-54)57(44-30-25-40-22-21-39-15-7-8-16-45(39)49(40)35-44)43-28-23-37(24-29-43)42-27-31-53-50(34-42)47-18-9-17-46(55(47)58-53)38-13-5-2-6-14-38/h1-35H. The number of fused-ring (bicyclic) bond motifs is 9. The molecule has 2 heterocycles. The van der Waals surface area contributed by atoms with Gasteiger partial charge in [0.05, 0.1) is 5.69 Å². The van der Waals surface area contributed by atoms with Crippen LogP contribution in [0.4, 0.5) is 17.1 Å². The first-order valence-electron chi connectivity index (χ1n) is 20.1. The second kappa shape index (κ2) is 13.4. The van der Waals surface area contributed by atoms with Gasteiger partial charge in [-0.2, -0.15) is 0 Å². The largest absolute Gasteiger partial charge is 0.455 e. The molecule has 3 heteroatoms. The highest BCUT2D eigenvalue weighted by molar-refractivity contribution is 6.13. The van der Waals surface area contributed by atoms with Gasteiger partial charge in [-0.25, -0.2) is 0 Å². The van der Waals surface area contributed by atoms with Crippen molar-refractivity contribution in [3.63, 3.8) is 0 Å². The molecule has 0 fully saturated rings. The molecule has 10 aromatic carbocycles. The van der Waals surface area contributed by atoms with E-state index in [0.29, 0.717) is 0 Å². The predicted molar refractivity (Wildman–Crippen MR) is 247 cm³/mol. The van der Waals surface area contributed by atoms with E-state index in [2.05, 4.69) is 211 Å². The topological polar surface area (TPSA) is 29.5 Å². The van der Waals surface area contributed by atoms with Gasteiger partial charge in [0, 0.05) is 38.5 Å². The van der Waals surface area contributed by atoms with E-state index in [4.69, 9.17) is 8.83 Å². The van der Waals surface area contributed by atoms with Crippen LogP contribution in [0.2, 0.25) is 0 Å². The fourth-order valence-corrected chi connectivity index (χ4v) is 8.95. The number of hydrogen-bond acceptors (Lipinski definition) is 3. The van der Waals surface area contributed by atoms with Crippen LogP contribution < -0.4 is 4.90 Å². The third kappa shape index (κ3) is 5.51. The van der Waals surface area contributed by atoms with E-state index in [1.54, 1.807) is 0 Å². The van der Waals surface area contributed by atoms with Crippen LogP contribution in [0.25, 0.3) is 98.8 Å². The number of benzene rings is 10. The lowest BCUT2D eigenvalue weighted by molar-refractivity contribution is 0.669. The molecule has 276 valence electrons. The molecule has 0 saturated carbocycles. The first kappa shape index (κ1) is 33.3. The predicted octanol–water partition coefficient (Wildman–Crippen LogP) is 16.3. The zero-order valence-corrected chi connectivity index (χ0v) is 32.0. The Kier molecular flexibility index (Phi) is 7.54. The van der Waals surface area contributed by atoms with E-state index in [9.17, 15) is 0 Å². The number of rotatable bonds is 6. The van der Waals surface area contributed by atoms with Gasteiger partial charge in [0.2, 0.25) is 0 Å². The second-order valence-electron chi connectivity index (χ2n) is 15.3. The Morgan fingerprint density at radius 3 is 1.54 bits per heavy atom. The molecule has 0 radical (unpaired) electrons. The van der Waals surface area contributed by atoms with E-state index in [0.717, 1.165) is 83.2 Å². The molecule has 0 aliphatic heterocycles. The monoisotopic (exact) mass is 753 g/mol. The lowest BCUT2D eigenvalue weighted by Crippen LogP contribution is -2.10. The quantitative estimate of drug-likeness (QED) is 0.158. The summed E-state index contributed by atoms with van der Waals surface area (Å²) < 4.78 is 13.3. The van der Waals surface area contributed by atoms with Gasteiger partial charge in [-0.05, 0) is 104 Å². The summed E-state index contributed by atoms with van der Waals surface area (Å²) in [4.78, 5) is 2.34. The molecule has 0 amide bonds. The van der Waals surface area contributed by atoms with Crippen molar-refractivity contribution in [2.75, 3.05) is 4.90 Å². The normalized spacial score (nSPS) is 11.7. The fourth-order valence-electron chi connectivity index (χ4n) is 8.95. The molecule has 0 spiro atoms. The Labute approximate surface area is 340 Å². The fraction of sp³-hybridized carbons (Fsp3) is 0. The minimum absolute atomic E-state index is 0.849. The van der Waals surface area contributed by atoms with Crippen molar-refractivity contribution in [3.8, 4) is 33.4 Å². The minimum Gasteiger partial charge on any atom is -0.455 e. The van der Waals surface area contributed by atoms with Gasteiger partial charge in [-0.1, -0.05) is 158 Å². The van der Waals surface area contributed by atoms with Crippen LogP contribution in [-0.2, 0) is 0 Å². The highest BCUT2D eigenvalue weighted by atomic mass is 16.3. The van der Waals surface area contributed by atoms with E-state index in [1.165, 1.54) is 32.7 Å². The average molecular weight is 754 g/mol. The summed E-state index contributed by atoms with van der Waals surface area (Å²) in [6, 6.07) is 75.6. The molecule has 0 aliphatic rings. The van der Waals surface area contributed by atoms with Crippen LogP contribution in [0.5, 0.6) is 0 Å². The van der Waals surface area contributed by atoms with Crippen molar-refractivity contribution >= 4 is 82.5 Å². The van der Waals surface area contributed by atoms with E-state index in [-0.39, 0.29) is 0 Å². The van der Waals surface area contributed by atoms with E-state index >= 15 is 0 Å². The molecule has 0 aliphatic carbocycles. The van der Waals surface area contributed by atoms with Gasteiger partial charge in [0.15, 0.2) is 5.58 Å². The summed E-state index contributed by atoms with van der Waals surface area (Å²) in [7, 11) is 0. The lowest BCUT2D eigenvalue weighted by Gasteiger charge is -2.26. The molecule has 3 nitrogen and oxygen atoms in total. The highest BCUT2D eigenvalue weighted by Gasteiger charge is 2.21. The van der Waals surface area contributed by atoms with Crippen LogP contribution in [0.1, 0.15) is 0 Å². The SMILES string of the molecule is c1ccc(-c2ccc3oc4c(N(c5ccc(-c6ccc7oc8c(-c9ccccc9)cccc8c7c6)cc5)c5ccc6ccc7ccccc7c6c5)cccc4c3c2)cc1. The molecule has 0 unspecified atom stereocenters. The Balaban J connectivity index is 1.01. The molecule has 0 N–H and O–H groups in total. The number of furan rings is 2. The average Bonchev–Trinajstić information content (AvgIpc) is 3.88. The molecule has 59 heavy (non-hydrogen) atoms. The Morgan fingerprint density at radius 1 is 0.288 bits per heavy atom. The Bertz CT molecular complexity index is 3540. The zero-order valence-electron chi connectivity index (χ0n) is 32.0. The van der Waals surface area contributed by atoms with E-state index in [1.807, 2.05) is 6.07 Å². The van der Waals surface area contributed by atoms with Crippen LogP contribution in [-0.4, -0.2) is 0 Å². The van der Waals surface area contributed by atoms with Crippen molar-refractivity contribution in [1.29, 1.82) is 0 Å². The minimum atomic E-state index is 0.849. The third-order valence-corrected chi connectivity index (χ3v) is 11.9. The molecular weight excluding hydrogens is 719 g/mol. The number of para-hydroxylation sites is 2. The van der Waals surface area contributed by atoms with Gasteiger partial charge < -0.3 is 13.7 Å². The molecule has 0 atom stereocenters. The van der Waals surface area contributed by atoms with Crippen molar-refractivity contribution in [1.82, 2.24) is 0 Å². The van der Waals surface area contributed by atoms with Gasteiger partial charge >= 0.3 is 0 Å². The van der Waals surface area contributed by atoms with E-state index < -0.39 is 0 Å².